The number of halogens is 1. The summed E-state index contributed by atoms with van der Waals surface area (Å²) in [7, 11) is 0. The van der Waals surface area contributed by atoms with Gasteiger partial charge in [-0.3, -0.25) is 4.57 Å². The number of nitrogens with one attached hydrogen (secondary N) is 1. The number of nitrogens with zero attached hydrogens (tertiary/aromatic N) is 4. The molecule has 1 N–H and O–H groups in total. The Morgan fingerprint density at radius 3 is 2.52 bits per heavy atom. The second-order valence-corrected chi connectivity index (χ2v) is 5.79. The third kappa shape index (κ3) is 2.78. The predicted octanol–water partition coefficient (Wildman–Crippen LogP) is 2.94. The minimum Gasteiger partial charge on any atom is -0.367 e. The summed E-state index contributed by atoms with van der Waals surface area (Å²) >= 11 is 11.5. The number of aromatic nitrogens is 3. The zero-order valence-corrected chi connectivity index (χ0v) is 13.5. The number of para-hydroxylation sites is 1. The Bertz CT molecular complexity index is 672. The largest absolute Gasteiger partial charge is 0.367 e. The third-order valence-corrected chi connectivity index (χ3v) is 4.44. The first-order chi connectivity index (χ1) is 10.2. The summed E-state index contributed by atoms with van der Waals surface area (Å²) in [5.74, 6) is 0.932. The van der Waals surface area contributed by atoms with Gasteiger partial charge in [-0.15, -0.1) is 5.10 Å². The van der Waals surface area contributed by atoms with Gasteiger partial charge in [-0.2, -0.15) is 0 Å². The number of H-pyrrole nitrogens is 1. The summed E-state index contributed by atoms with van der Waals surface area (Å²) in [6.45, 7) is 6.57. The fourth-order valence-electron chi connectivity index (χ4n) is 2.69. The van der Waals surface area contributed by atoms with Gasteiger partial charge in [-0.05, 0) is 31.3 Å². The molecule has 7 heteroatoms. The van der Waals surface area contributed by atoms with Crippen LogP contribution in [0.5, 0.6) is 0 Å². The molecular weight excluding hydrogens is 306 g/mol. The monoisotopic (exact) mass is 323 g/mol. The van der Waals surface area contributed by atoms with Crippen molar-refractivity contribution < 1.29 is 0 Å². The van der Waals surface area contributed by atoms with Crippen LogP contribution in [-0.2, 0) is 6.54 Å². The molecule has 1 aromatic heterocycles. The van der Waals surface area contributed by atoms with E-state index in [2.05, 4.69) is 33.0 Å². The number of hydrogen-bond donors (Lipinski definition) is 1. The van der Waals surface area contributed by atoms with Crippen LogP contribution >= 0.6 is 23.8 Å². The highest BCUT2D eigenvalue weighted by molar-refractivity contribution is 7.71. The van der Waals surface area contributed by atoms with Crippen molar-refractivity contribution in [2.45, 2.75) is 13.5 Å². The van der Waals surface area contributed by atoms with Gasteiger partial charge in [0.2, 0.25) is 5.95 Å². The van der Waals surface area contributed by atoms with Crippen molar-refractivity contribution in [3.63, 3.8) is 0 Å². The minimum atomic E-state index is 0.682. The smallest absolute Gasteiger partial charge is 0.225 e. The molecule has 1 aliphatic heterocycles. The molecule has 3 rings (SSSR count). The quantitative estimate of drug-likeness (QED) is 0.882. The van der Waals surface area contributed by atoms with E-state index >= 15 is 0 Å². The van der Waals surface area contributed by atoms with E-state index in [0.717, 1.165) is 49.4 Å². The van der Waals surface area contributed by atoms with Crippen LogP contribution < -0.4 is 9.80 Å². The highest BCUT2D eigenvalue weighted by Gasteiger charge is 2.22. The van der Waals surface area contributed by atoms with Gasteiger partial charge >= 0.3 is 0 Å². The van der Waals surface area contributed by atoms with E-state index < -0.39 is 0 Å². The maximum atomic E-state index is 6.27. The standard InChI is InChI=1S/C14H18ClN5S/c1-2-20-13(16-17-14(20)21)19-9-7-18(8-10-19)12-6-4-3-5-11(12)15/h3-6H,2,7-10H2,1H3,(H,17,21). The number of piperazine rings is 1. The van der Waals surface area contributed by atoms with Gasteiger partial charge in [0.1, 0.15) is 0 Å². The topological polar surface area (TPSA) is 40.1 Å². The van der Waals surface area contributed by atoms with E-state index in [1.807, 2.05) is 22.8 Å². The lowest BCUT2D eigenvalue weighted by Crippen LogP contribution is -2.47. The Kier molecular flexibility index (Phi) is 4.17. The highest BCUT2D eigenvalue weighted by Crippen LogP contribution is 2.26. The van der Waals surface area contributed by atoms with Crippen molar-refractivity contribution in [2.24, 2.45) is 0 Å². The summed E-state index contributed by atoms with van der Waals surface area (Å²) in [5.41, 5.74) is 1.10. The van der Waals surface area contributed by atoms with Gasteiger partial charge in [-0.1, -0.05) is 23.7 Å². The summed E-state index contributed by atoms with van der Waals surface area (Å²) in [5, 5.41) is 8.04. The molecule has 2 heterocycles. The first-order valence-corrected chi connectivity index (χ1v) is 7.89. The minimum absolute atomic E-state index is 0.682. The molecule has 2 aromatic rings. The maximum Gasteiger partial charge on any atom is 0.225 e. The molecular formula is C14H18ClN5S. The van der Waals surface area contributed by atoms with Crippen molar-refractivity contribution in [3.05, 3.63) is 34.1 Å². The molecule has 0 bridgehead atoms. The molecule has 0 radical (unpaired) electrons. The zero-order valence-electron chi connectivity index (χ0n) is 11.9. The highest BCUT2D eigenvalue weighted by atomic mass is 35.5. The molecule has 1 fully saturated rings. The SMILES string of the molecule is CCn1c(N2CCN(c3ccccc3Cl)CC2)n[nH]c1=S. The molecule has 1 saturated heterocycles. The van der Waals surface area contributed by atoms with E-state index in [9.17, 15) is 0 Å². The number of aromatic amines is 1. The van der Waals surface area contributed by atoms with Crippen LogP contribution in [0.15, 0.2) is 24.3 Å². The summed E-state index contributed by atoms with van der Waals surface area (Å²) < 4.78 is 2.71. The van der Waals surface area contributed by atoms with Crippen molar-refractivity contribution in [1.82, 2.24) is 14.8 Å². The average Bonchev–Trinajstić information content (AvgIpc) is 2.89. The fraction of sp³-hybridized carbons (Fsp3) is 0.429. The summed E-state index contributed by atoms with van der Waals surface area (Å²) in [4.78, 5) is 4.58. The second-order valence-electron chi connectivity index (χ2n) is 5.00. The average molecular weight is 324 g/mol. The number of rotatable bonds is 3. The molecule has 1 aromatic carbocycles. The molecule has 0 unspecified atom stereocenters. The molecule has 0 saturated carbocycles. The first kappa shape index (κ1) is 14.4. The summed E-state index contributed by atoms with van der Waals surface area (Å²) in [6, 6.07) is 7.99. The van der Waals surface area contributed by atoms with E-state index in [1.165, 1.54) is 0 Å². The number of hydrogen-bond acceptors (Lipinski definition) is 4. The van der Waals surface area contributed by atoms with Gasteiger partial charge in [0.15, 0.2) is 4.77 Å². The van der Waals surface area contributed by atoms with Crippen molar-refractivity contribution in [3.8, 4) is 0 Å². The lowest BCUT2D eigenvalue weighted by atomic mass is 10.2. The Hall–Kier alpha value is -1.53. The van der Waals surface area contributed by atoms with Crippen molar-refractivity contribution in [2.75, 3.05) is 36.0 Å². The van der Waals surface area contributed by atoms with Crippen LogP contribution in [0.2, 0.25) is 5.02 Å². The van der Waals surface area contributed by atoms with Crippen LogP contribution in [0.3, 0.4) is 0 Å². The van der Waals surface area contributed by atoms with E-state index in [-0.39, 0.29) is 0 Å². The molecule has 21 heavy (non-hydrogen) atoms. The molecule has 112 valence electrons. The van der Waals surface area contributed by atoms with Gasteiger partial charge < -0.3 is 9.80 Å². The summed E-state index contributed by atoms with van der Waals surface area (Å²) in [6.07, 6.45) is 0. The van der Waals surface area contributed by atoms with Gasteiger partial charge in [0.05, 0.1) is 10.7 Å². The molecule has 0 aliphatic carbocycles. The molecule has 0 spiro atoms. The number of benzene rings is 1. The van der Waals surface area contributed by atoms with Crippen LogP contribution in [0.1, 0.15) is 6.92 Å². The van der Waals surface area contributed by atoms with Gasteiger partial charge in [0, 0.05) is 32.7 Å². The van der Waals surface area contributed by atoms with Crippen LogP contribution in [0.4, 0.5) is 11.6 Å². The lowest BCUT2D eigenvalue weighted by molar-refractivity contribution is 0.617. The number of anilines is 2. The molecule has 5 nitrogen and oxygen atoms in total. The Balaban J connectivity index is 1.73. The van der Waals surface area contributed by atoms with E-state index in [4.69, 9.17) is 23.8 Å². The Labute approximate surface area is 134 Å². The fourth-order valence-corrected chi connectivity index (χ4v) is 3.20. The Morgan fingerprint density at radius 1 is 1.19 bits per heavy atom. The van der Waals surface area contributed by atoms with E-state index in [0.29, 0.717) is 4.77 Å². The molecule has 0 amide bonds. The molecule has 0 atom stereocenters. The molecule has 1 aliphatic rings. The van der Waals surface area contributed by atoms with Crippen LogP contribution in [-0.4, -0.2) is 40.9 Å². The Morgan fingerprint density at radius 2 is 1.86 bits per heavy atom. The van der Waals surface area contributed by atoms with Crippen molar-refractivity contribution >= 4 is 35.5 Å². The lowest BCUT2D eigenvalue weighted by Gasteiger charge is -2.36. The predicted molar refractivity (Wildman–Crippen MR) is 89.0 cm³/mol. The van der Waals surface area contributed by atoms with Crippen LogP contribution in [0.25, 0.3) is 0 Å². The van der Waals surface area contributed by atoms with Gasteiger partial charge in [0.25, 0.3) is 0 Å². The first-order valence-electron chi connectivity index (χ1n) is 7.10. The maximum absolute atomic E-state index is 6.27. The van der Waals surface area contributed by atoms with Gasteiger partial charge in [-0.25, -0.2) is 5.10 Å². The third-order valence-electron chi connectivity index (χ3n) is 3.81. The normalized spacial score (nSPS) is 15.5. The zero-order chi connectivity index (χ0) is 14.8. The van der Waals surface area contributed by atoms with Crippen molar-refractivity contribution in [1.29, 1.82) is 0 Å². The second kappa shape index (κ2) is 6.07. The van der Waals surface area contributed by atoms with E-state index in [1.54, 1.807) is 0 Å². The van der Waals surface area contributed by atoms with Crippen LogP contribution in [0, 0.1) is 4.77 Å².